The smallest absolute Gasteiger partial charge is 0.128 e. The average molecular weight is 277 g/mol. The number of nitrogens with zero attached hydrogens (tertiary/aromatic N) is 2. The highest BCUT2D eigenvalue weighted by atomic mass is 16.5. The Morgan fingerprint density at radius 3 is 2.80 bits per heavy atom. The van der Waals surface area contributed by atoms with Crippen LogP contribution in [0.15, 0.2) is 18.3 Å². The van der Waals surface area contributed by atoms with E-state index in [9.17, 15) is 0 Å². The van der Waals surface area contributed by atoms with Crippen molar-refractivity contribution >= 4 is 5.82 Å². The van der Waals surface area contributed by atoms with Gasteiger partial charge in [-0.05, 0) is 45.2 Å². The van der Waals surface area contributed by atoms with Gasteiger partial charge in [-0.3, -0.25) is 0 Å². The summed E-state index contributed by atoms with van der Waals surface area (Å²) in [5, 5.41) is 0. The fraction of sp³-hybridized carbons (Fsp3) is 0.688. The van der Waals surface area contributed by atoms with Gasteiger partial charge in [0.2, 0.25) is 0 Å². The van der Waals surface area contributed by atoms with Gasteiger partial charge >= 0.3 is 0 Å². The quantitative estimate of drug-likeness (QED) is 0.918. The zero-order chi connectivity index (χ0) is 14.8. The van der Waals surface area contributed by atoms with E-state index in [0.29, 0.717) is 0 Å². The van der Waals surface area contributed by atoms with Crippen LogP contribution in [-0.4, -0.2) is 35.8 Å². The molecule has 2 heterocycles. The van der Waals surface area contributed by atoms with Crippen molar-refractivity contribution in [1.29, 1.82) is 0 Å². The van der Waals surface area contributed by atoms with Crippen molar-refractivity contribution in [3.63, 3.8) is 0 Å². The highest BCUT2D eigenvalue weighted by Gasteiger charge is 2.31. The van der Waals surface area contributed by atoms with Gasteiger partial charge in [0.15, 0.2) is 0 Å². The van der Waals surface area contributed by atoms with Crippen molar-refractivity contribution in [3.8, 4) is 0 Å². The molecule has 1 aromatic rings. The minimum atomic E-state index is -0.122. The van der Waals surface area contributed by atoms with Crippen molar-refractivity contribution in [3.05, 3.63) is 23.9 Å². The Morgan fingerprint density at radius 1 is 1.50 bits per heavy atom. The monoisotopic (exact) mass is 277 g/mol. The minimum absolute atomic E-state index is 0.122. The molecule has 0 bridgehead atoms. The van der Waals surface area contributed by atoms with Crippen LogP contribution in [0.4, 0.5) is 5.82 Å². The van der Waals surface area contributed by atoms with Gasteiger partial charge in [0.1, 0.15) is 5.82 Å². The van der Waals surface area contributed by atoms with Crippen LogP contribution in [0.2, 0.25) is 0 Å². The lowest BCUT2D eigenvalue weighted by Crippen LogP contribution is -2.52. The molecule has 2 atom stereocenters. The lowest BCUT2D eigenvalue weighted by Gasteiger charge is -2.42. The van der Waals surface area contributed by atoms with Crippen molar-refractivity contribution in [2.24, 2.45) is 5.73 Å². The SMILES string of the molecule is CCC(N)Cc1ccc(N2CC(C)OC(C)(C)C2)nc1. The molecular formula is C16H27N3O. The number of aromatic nitrogens is 1. The third-order valence-electron chi connectivity index (χ3n) is 3.72. The lowest BCUT2D eigenvalue weighted by molar-refractivity contribution is -0.0751. The molecule has 1 aliphatic rings. The van der Waals surface area contributed by atoms with Crippen molar-refractivity contribution in [2.75, 3.05) is 18.0 Å². The van der Waals surface area contributed by atoms with Crippen LogP contribution >= 0.6 is 0 Å². The van der Waals surface area contributed by atoms with Gasteiger partial charge in [0, 0.05) is 25.3 Å². The van der Waals surface area contributed by atoms with Crippen LogP contribution in [0.3, 0.4) is 0 Å². The summed E-state index contributed by atoms with van der Waals surface area (Å²) in [6.45, 7) is 10.3. The van der Waals surface area contributed by atoms with E-state index < -0.39 is 0 Å². The van der Waals surface area contributed by atoms with Crippen molar-refractivity contribution in [2.45, 2.75) is 58.3 Å². The Kier molecular flexibility index (Phi) is 4.66. The van der Waals surface area contributed by atoms with Crippen LogP contribution in [0.1, 0.15) is 39.7 Å². The second-order valence-corrected chi connectivity index (χ2v) is 6.47. The highest BCUT2D eigenvalue weighted by molar-refractivity contribution is 5.40. The summed E-state index contributed by atoms with van der Waals surface area (Å²) in [6.07, 6.45) is 4.08. The molecule has 4 nitrogen and oxygen atoms in total. The van der Waals surface area contributed by atoms with E-state index in [-0.39, 0.29) is 17.7 Å². The third-order valence-corrected chi connectivity index (χ3v) is 3.72. The van der Waals surface area contributed by atoms with Gasteiger partial charge < -0.3 is 15.4 Å². The molecule has 0 saturated carbocycles. The number of hydrogen-bond acceptors (Lipinski definition) is 4. The maximum absolute atomic E-state index is 5.98. The van der Waals surface area contributed by atoms with E-state index in [1.807, 2.05) is 6.20 Å². The molecule has 2 unspecified atom stereocenters. The fourth-order valence-electron chi connectivity index (χ4n) is 2.80. The molecule has 0 spiro atoms. The van der Waals surface area contributed by atoms with Crippen LogP contribution in [0, 0.1) is 0 Å². The largest absolute Gasteiger partial charge is 0.369 e. The molecule has 112 valence electrons. The van der Waals surface area contributed by atoms with E-state index in [1.54, 1.807) is 0 Å². The van der Waals surface area contributed by atoms with Gasteiger partial charge in [-0.15, -0.1) is 0 Å². The molecule has 0 radical (unpaired) electrons. The van der Waals surface area contributed by atoms with Gasteiger partial charge in [-0.25, -0.2) is 4.98 Å². The van der Waals surface area contributed by atoms with E-state index in [4.69, 9.17) is 10.5 Å². The Hall–Kier alpha value is -1.13. The fourth-order valence-corrected chi connectivity index (χ4v) is 2.80. The van der Waals surface area contributed by atoms with Crippen molar-refractivity contribution in [1.82, 2.24) is 4.98 Å². The van der Waals surface area contributed by atoms with Crippen LogP contribution in [0.5, 0.6) is 0 Å². The van der Waals surface area contributed by atoms with E-state index in [1.165, 1.54) is 5.56 Å². The van der Waals surface area contributed by atoms with Gasteiger partial charge in [0.25, 0.3) is 0 Å². The van der Waals surface area contributed by atoms with Crippen LogP contribution in [-0.2, 0) is 11.2 Å². The Balaban J connectivity index is 2.06. The zero-order valence-corrected chi connectivity index (χ0v) is 13.1. The summed E-state index contributed by atoms with van der Waals surface area (Å²) in [5.74, 6) is 1.03. The molecule has 2 N–H and O–H groups in total. The van der Waals surface area contributed by atoms with E-state index in [0.717, 1.165) is 31.7 Å². The van der Waals surface area contributed by atoms with Crippen LogP contribution in [0.25, 0.3) is 0 Å². The number of ether oxygens (including phenoxy) is 1. The third kappa shape index (κ3) is 3.93. The molecule has 1 aromatic heterocycles. The molecule has 1 fully saturated rings. The van der Waals surface area contributed by atoms with Gasteiger partial charge in [-0.2, -0.15) is 0 Å². The van der Waals surface area contributed by atoms with Gasteiger partial charge in [0.05, 0.1) is 11.7 Å². The van der Waals surface area contributed by atoms with Crippen LogP contribution < -0.4 is 10.6 Å². The molecule has 0 amide bonds. The lowest BCUT2D eigenvalue weighted by atomic mass is 10.0. The molecule has 1 saturated heterocycles. The zero-order valence-electron chi connectivity index (χ0n) is 13.1. The molecule has 2 rings (SSSR count). The second-order valence-electron chi connectivity index (χ2n) is 6.47. The molecule has 1 aliphatic heterocycles. The van der Waals surface area contributed by atoms with E-state index in [2.05, 4.69) is 49.7 Å². The molecule has 0 aliphatic carbocycles. The number of pyridine rings is 1. The maximum Gasteiger partial charge on any atom is 0.128 e. The number of anilines is 1. The first-order chi connectivity index (χ1) is 9.39. The summed E-state index contributed by atoms with van der Waals surface area (Å²) < 4.78 is 5.93. The van der Waals surface area contributed by atoms with Crippen molar-refractivity contribution < 1.29 is 4.74 Å². The number of morpholine rings is 1. The number of rotatable bonds is 4. The summed E-state index contributed by atoms with van der Waals surface area (Å²) in [5.41, 5.74) is 7.07. The first kappa shape index (κ1) is 15.3. The summed E-state index contributed by atoms with van der Waals surface area (Å²) >= 11 is 0. The standard InChI is InChI=1S/C16H27N3O/c1-5-14(17)8-13-6-7-15(18-9-13)19-10-12(2)20-16(3,4)11-19/h6-7,9,12,14H,5,8,10-11,17H2,1-4H3. The first-order valence-electron chi connectivity index (χ1n) is 7.53. The predicted molar refractivity (Wildman–Crippen MR) is 83.0 cm³/mol. The molecule has 0 aromatic carbocycles. The summed E-state index contributed by atoms with van der Waals surface area (Å²) in [6, 6.07) is 4.47. The predicted octanol–water partition coefficient (Wildman–Crippen LogP) is 2.37. The first-order valence-corrected chi connectivity index (χ1v) is 7.53. The maximum atomic E-state index is 5.98. The number of nitrogens with two attached hydrogens (primary N) is 1. The Labute approximate surface area is 122 Å². The summed E-state index contributed by atoms with van der Waals surface area (Å²) in [4.78, 5) is 6.91. The Bertz CT molecular complexity index is 430. The molecular weight excluding hydrogens is 250 g/mol. The molecule has 4 heteroatoms. The average Bonchev–Trinajstić information content (AvgIpc) is 2.37. The topological polar surface area (TPSA) is 51.4 Å². The van der Waals surface area contributed by atoms with Gasteiger partial charge in [-0.1, -0.05) is 13.0 Å². The Morgan fingerprint density at radius 2 is 2.25 bits per heavy atom. The van der Waals surface area contributed by atoms with E-state index >= 15 is 0 Å². The summed E-state index contributed by atoms with van der Waals surface area (Å²) in [7, 11) is 0. The normalized spacial score (nSPS) is 23.6. The second kappa shape index (κ2) is 6.10. The highest BCUT2D eigenvalue weighted by Crippen LogP contribution is 2.24. The number of hydrogen-bond donors (Lipinski definition) is 1. The minimum Gasteiger partial charge on any atom is -0.369 e. The molecule has 20 heavy (non-hydrogen) atoms.